The molecular formula is C14H15FN4O2. The third-order valence-corrected chi connectivity index (χ3v) is 3.89. The Morgan fingerprint density at radius 3 is 2.90 bits per heavy atom. The van der Waals surface area contributed by atoms with Gasteiger partial charge in [-0.25, -0.2) is 9.18 Å². The number of fused-ring (bicyclic) bond motifs is 3. The van der Waals surface area contributed by atoms with Crippen LogP contribution in [0.2, 0.25) is 0 Å². The average Bonchev–Trinajstić information content (AvgIpc) is 2.46. The van der Waals surface area contributed by atoms with E-state index < -0.39 is 11.8 Å². The minimum atomic E-state index is -0.559. The van der Waals surface area contributed by atoms with Crippen LogP contribution in [0.5, 0.6) is 0 Å². The van der Waals surface area contributed by atoms with Crippen LogP contribution in [0.1, 0.15) is 17.3 Å². The predicted molar refractivity (Wildman–Crippen MR) is 76.3 cm³/mol. The standard InChI is InChI=1S/C14H15FN4O2/c1-19(14(16)21)11-6-17-5-10-12(11)8-3-2-7(15)4-9(8)13(20)18-10/h2-4,11,17H,5-6H2,1H3,(H2,16,21)(H,18,20). The number of hydrogen-bond donors (Lipinski definition) is 3. The maximum atomic E-state index is 13.4. The van der Waals surface area contributed by atoms with Crippen molar-refractivity contribution >= 4 is 16.8 Å². The second-order valence-corrected chi connectivity index (χ2v) is 5.13. The minimum Gasteiger partial charge on any atom is -0.351 e. The molecule has 2 aromatic rings. The molecule has 7 heteroatoms. The van der Waals surface area contributed by atoms with Gasteiger partial charge in [-0.3, -0.25) is 4.79 Å². The quantitative estimate of drug-likeness (QED) is 0.726. The highest BCUT2D eigenvalue weighted by Crippen LogP contribution is 2.30. The Morgan fingerprint density at radius 2 is 2.19 bits per heavy atom. The van der Waals surface area contributed by atoms with Crippen LogP contribution in [-0.2, 0) is 6.54 Å². The Hall–Kier alpha value is -2.41. The number of H-pyrrole nitrogens is 1. The van der Waals surface area contributed by atoms with Crippen LogP contribution in [-0.4, -0.2) is 29.5 Å². The SMILES string of the molecule is CN(C(N)=O)C1CNCc2[nH]c(=O)c3cc(F)ccc3c21. The van der Waals surface area contributed by atoms with E-state index in [0.717, 1.165) is 5.56 Å². The van der Waals surface area contributed by atoms with Crippen LogP contribution in [0.4, 0.5) is 9.18 Å². The molecule has 0 saturated carbocycles. The molecule has 0 spiro atoms. The molecule has 1 aromatic heterocycles. The lowest BCUT2D eigenvalue weighted by molar-refractivity contribution is 0.196. The summed E-state index contributed by atoms with van der Waals surface area (Å²) in [5.74, 6) is -0.471. The Labute approximate surface area is 119 Å². The lowest BCUT2D eigenvalue weighted by Gasteiger charge is -2.33. The van der Waals surface area contributed by atoms with E-state index in [4.69, 9.17) is 5.73 Å². The molecule has 1 aliphatic heterocycles. The number of nitrogens with two attached hydrogens (primary N) is 1. The molecule has 1 aliphatic rings. The topological polar surface area (TPSA) is 91.2 Å². The van der Waals surface area contributed by atoms with E-state index in [1.165, 1.54) is 17.0 Å². The van der Waals surface area contributed by atoms with Gasteiger partial charge in [0.1, 0.15) is 5.82 Å². The van der Waals surface area contributed by atoms with Crippen LogP contribution in [0.3, 0.4) is 0 Å². The highest BCUT2D eigenvalue weighted by Gasteiger charge is 2.28. The minimum absolute atomic E-state index is 0.276. The summed E-state index contributed by atoms with van der Waals surface area (Å²) in [6.45, 7) is 1.01. The zero-order chi connectivity index (χ0) is 15.1. The Kier molecular flexibility index (Phi) is 3.13. The number of carbonyl (C=O) groups excluding carboxylic acids is 1. The first-order valence-corrected chi connectivity index (χ1v) is 6.56. The Bertz CT molecular complexity index is 786. The van der Waals surface area contributed by atoms with E-state index in [9.17, 15) is 14.0 Å². The Morgan fingerprint density at radius 1 is 1.43 bits per heavy atom. The lowest BCUT2D eigenvalue weighted by Crippen LogP contribution is -2.43. The van der Waals surface area contributed by atoms with Gasteiger partial charge in [0.15, 0.2) is 0 Å². The van der Waals surface area contributed by atoms with Crippen molar-refractivity contribution < 1.29 is 9.18 Å². The van der Waals surface area contributed by atoms with E-state index >= 15 is 0 Å². The number of likely N-dealkylation sites (N-methyl/N-ethyl adjacent to an activating group) is 1. The lowest BCUT2D eigenvalue weighted by atomic mass is 9.94. The molecule has 3 rings (SSSR count). The molecule has 1 atom stereocenters. The fourth-order valence-corrected chi connectivity index (χ4v) is 2.81. The number of halogens is 1. The molecule has 1 aromatic carbocycles. The number of nitrogens with one attached hydrogen (secondary N) is 2. The van der Waals surface area contributed by atoms with Gasteiger partial charge in [-0.1, -0.05) is 6.07 Å². The van der Waals surface area contributed by atoms with Gasteiger partial charge in [-0.2, -0.15) is 0 Å². The highest BCUT2D eigenvalue weighted by atomic mass is 19.1. The number of aromatic amines is 1. The summed E-state index contributed by atoms with van der Waals surface area (Å²) in [5, 5.41) is 4.06. The van der Waals surface area contributed by atoms with E-state index in [1.54, 1.807) is 13.1 Å². The van der Waals surface area contributed by atoms with Crippen LogP contribution in [0.25, 0.3) is 10.8 Å². The molecule has 21 heavy (non-hydrogen) atoms. The summed E-state index contributed by atoms with van der Waals surface area (Å²) in [4.78, 5) is 27.7. The van der Waals surface area contributed by atoms with Crippen molar-refractivity contribution in [1.82, 2.24) is 15.2 Å². The second-order valence-electron chi connectivity index (χ2n) is 5.13. The van der Waals surface area contributed by atoms with E-state index in [-0.39, 0.29) is 17.0 Å². The van der Waals surface area contributed by atoms with Gasteiger partial charge < -0.3 is 20.9 Å². The second kappa shape index (κ2) is 4.85. The van der Waals surface area contributed by atoms with Crippen molar-refractivity contribution in [2.75, 3.05) is 13.6 Å². The molecule has 0 saturated heterocycles. The van der Waals surface area contributed by atoms with E-state index in [2.05, 4.69) is 10.3 Å². The van der Waals surface area contributed by atoms with Crippen molar-refractivity contribution in [3.63, 3.8) is 0 Å². The average molecular weight is 290 g/mol. The summed E-state index contributed by atoms with van der Waals surface area (Å²) in [6.07, 6.45) is 0. The van der Waals surface area contributed by atoms with Gasteiger partial charge in [-0.15, -0.1) is 0 Å². The number of pyridine rings is 1. The number of urea groups is 1. The fraction of sp³-hybridized carbons (Fsp3) is 0.286. The summed E-state index contributed by atoms with van der Waals surface area (Å²) in [6, 6.07) is 3.22. The predicted octanol–water partition coefficient (Wildman–Crippen LogP) is 0.822. The zero-order valence-corrected chi connectivity index (χ0v) is 11.4. The van der Waals surface area contributed by atoms with Crippen LogP contribution < -0.4 is 16.6 Å². The van der Waals surface area contributed by atoms with Crippen molar-refractivity contribution in [3.05, 3.63) is 45.6 Å². The van der Waals surface area contributed by atoms with Crippen molar-refractivity contribution in [1.29, 1.82) is 0 Å². The zero-order valence-electron chi connectivity index (χ0n) is 11.4. The summed E-state index contributed by atoms with van der Waals surface area (Å²) in [5.41, 5.74) is 6.52. The van der Waals surface area contributed by atoms with Gasteiger partial charge in [0.05, 0.1) is 11.4 Å². The normalized spacial score (nSPS) is 17.5. The molecule has 2 heterocycles. The molecule has 1 unspecified atom stereocenters. The van der Waals surface area contributed by atoms with Crippen molar-refractivity contribution in [3.8, 4) is 0 Å². The van der Waals surface area contributed by atoms with Crippen molar-refractivity contribution in [2.45, 2.75) is 12.6 Å². The first kappa shape index (κ1) is 13.6. The molecule has 110 valence electrons. The summed E-state index contributed by atoms with van der Waals surface area (Å²) < 4.78 is 13.4. The molecule has 0 fully saturated rings. The Balaban J connectivity index is 2.30. The molecular weight excluding hydrogens is 275 g/mol. The number of hydrogen-bond acceptors (Lipinski definition) is 3. The smallest absolute Gasteiger partial charge is 0.315 e. The number of benzene rings is 1. The fourth-order valence-electron chi connectivity index (χ4n) is 2.81. The third kappa shape index (κ3) is 2.15. The number of rotatable bonds is 1. The van der Waals surface area contributed by atoms with Crippen LogP contribution >= 0.6 is 0 Å². The maximum absolute atomic E-state index is 13.4. The van der Waals surface area contributed by atoms with Crippen molar-refractivity contribution in [2.24, 2.45) is 5.73 Å². The number of aromatic nitrogens is 1. The molecule has 0 radical (unpaired) electrons. The van der Waals surface area contributed by atoms with E-state index in [0.29, 0.717) is 24.2 Å². The molecule has 6 nitrogen and oxygen atoms in total. The molecule has 4 N–H and O–H groups in total. The molecule has 0 bridgehead atoms. The third-order valence-electron chi connectivity index (χ3n) is 3.89. The largest absolute Gasteiger partial charge is 0.351 e. The number of primary amides is 1. The molecule has 2 amide bonds. The van der Waals surface area contributed by atoms with Gasteiger partial charge in [0, 0.05) is 31.4 Å². The van der Waals surface area contributed by atoms with Crippen LogP contribution in [0, 0.1) is 5.82 Å². The van der Waals surface area contributed by atoms with Gasteiger partial charge in [0.25, 0.3) is 5.56 Å². The summed E-state index contributed by atoms with van der Waals surface area (Å²) >= 11 is 0. The van der Waals surface area contributed by atoms with Crippen LogP contribution in [0.15, 0.2) is 23.0 Å². The highest BCUT2D eigenvalue weighted by molar-refractivity contribution is 5.87. The maximum Gasteiger partial charge on any atom is 0.315 e. The monoisotopic (exact) mass is 290 g/mol. The summed E-state index contributed by atoms with van der Waals surface area (Å²) in [7, 11) is 1.60. The number of carbonyl (C=O) groups is 1. The number of nitrogens with zero attached hydrogens (tertiary/aromatic N) is 1. The first-order valence-electron chi connectivity index (χ1n) is 6.56. The van der Waals surface area contributed by atoms with Gasteiger partial charge >= 0.3 is 6.03 Å². The van der Waals surface area contributed by atoms with Gasteiger partial charge in [-0.05, 0) is 17.5 Å². The number of amides is 2. The first-order chi connectivity index (χ1) is 9.99. The van der Waals surface area contributed by atoms with E-state index in [1.807, 2.05) is 0 Å². The molecule has 0 aliphatic carbocycles. The van der Waals surface area contributed by atoms with Gasteiger partial charge in [0.2, 0.25) is 0 Å².